The number of aromatic nitrogens is 2. The smallest absolute Gasteiger partial charge is 0.318 e. The number of ether oxygens (including phenoxy) is 1. The van der Waals surface area contributed by atoms with Crippen LogP contribution in [0.4, 0.5) is 4.79 Å². The van der Waals surface area contributed by atoms with Gasteiger partial charge in [-0.05, 0) is 38.0 Å². The number of thiophene rings is 1. The first-order chi connectivity index (χ1) is 14.3. The number of benzene rings is 1. The Morgan fingerprint density at radius 2 is 2.13 bits per heavy atom. The van der Waals surface area contributed by atoms with E-state index in [4.69, 9.17) is 15.5 Å². The van der Waals surface area contributed by atoms with Crippen LogP contribution >= 0.6 is 23.1 Å². The third kappa shape index (κ3) is 4.19. The van der Waals surface area contributed by atoms with Gasteiger partial charge in [0.1, 0.15) is 10.6 Å². The second-order valence-electron chi connectivity index (χ2n) is 6.53. The number of methoxy groups -OCH3 is 1. The Labute approximate surface area is 181 Å². The number of hydrogen-bond acceptors (Lipinski definition) is 7. The highest BCUT2D eigenvalue weighted by Crippen LogP contribution is 2.32. The van der Waals surface area contributed by atoms with Crippen LogP contribution in [0.5, 0.6) is 5.75 Å². The number of carbonyl (C=O) groups excluding carboxylic acids is 2. The van der Waals surface area contributed by atoms with Crippen molar-refractivity contribution in [1.82, 2.24) is 14.9 Å². The van der Waals surface area contributed by atoms with Crippen LogP contribution in [0.25, 0.3) is 15.9 Å². The molecule has 30 heavy (non-hydrogen) atoms. The summed E-state index contributed by atoms with van der Waals surface area (Å²) in [4.78, 5) is 43.2. The number of amides is 3. The second-order valence-corrected chi connectivity index (χ2v) is 8.93. The molecular weight excluding hydrogens is 424 g/mol. The molecule has 3 aromatic rings. The highest BCUT2D eigenvalue weighted by Gasteiger charge is 2.23. The van der Waals surface area contributed by atoms with Crippen LogP contribution in [0, 0.1) is 6.92 Å². The highest BCUT2D eigenvalue weighted by molar-refractivity contribution is 8.00. The average molecular weight is 447 g/mol. The number of nitrogens with two attached hydrogens (primary N) is 1. The molecule has 0 aliphatic heterocycles. The Morgan fingerprint density at radius 1 is 1.40 bits per heavy atom. The monoisotopic (exact) mass is 446 g/mol. The van der Waals surface area contributed by atoms with Crippen molar-refractivity contribution in [1.29, 1.82) is 0 Å². The van der Waals surface area contributed by atoms with Gasteiger partial charge >= 0.3 is 6.03 Å². The normalized spacial score (nSPS) is 12.0. The molecule has 3 N–H and O–H groups in total. The fourth-order valence-electron chi connectivity index (χ4n) is 3.04. The van der Waals surface area contributed by atoms with Gasteiger partial charge in [0.05, 0.1) is 23.4 Å². The summed E-state index contributed by atoms with van der Waals surface area (Å²) in [7, 11) is 1.55. The molecule has 0 saturated carbocycles. The van der Waals surface area contributed by atoms with Crippen molar-refractivity contribution in [3.8, 4) is 11.4 Å². The van der Waals surface area contributed by atoms with Crippen molar-refractivity contribution >= 4 is 45.3 Å². The Balaban J connectivity index is 2.22. The van der Waals surface area contributed by atoms with Crippen LogP contribution in [0.15, 0.2) is 34.2 Å². The molecule has 2 aromatic heterocycles. The maximum absolute atomic E-state index is 13.5. The van der Waals surface area contributed by atoms with Crippen molar-refractivity contribution in [3.63, 3.8) is 0 Å². The molecule has 1 unspecified atom stereocenters. The first-order valence-corrected chi connectivity index (χ1v) is 10.9. The predicted molar refractivity (Wildman–Crippen MR) is 119 cm³/mol. The molecule has 3 rings (SSSR count). The summed E-state index contributed by atoms with van der Waals surface area (Å²) in [5.41, 5.74) is 6.32. The molecule has 0 aliphatic rings. The third-order valence-corrected chi connectivity index (χ3v) is 6.95. The molecule has 0 spiro atoms. The number of imide groups is 1. The Kier molecular flexibility index (Phi) is 6.47. The van der Waals surface area contributed by atoms with Gasteiger partial charge in [-0.25, -0.2) is 9.78 Å². The molecule has 158 valence electrons. The van der Waals surface area contributed by atoms with Crippen LogP contribution in [0.2, 0.25) is 0 Å². The van der Waals surface area contributed by atoms with E-state index in [-0.39, 0.29) is 5.56 Å². The van der Waals surface area contributed by atoms with Crippen molar-refractivity contribution in [2.75, 3.05) is 7.11 Å². The minimum Gasteiger partial charge on any atom is -0.497 e. The molecule has 0 bridgehead atoms. The lowest BCUT2D eigenvalue weighted by molar-refractivity contribution is -0.119. The van der Waals surface area contributed by atoms with Gasteiger partial charge in [0, 0.05) is 10.9 Å². The minimum absolute atomic E-state index is 0.216. The molecule has 10 heteroatoms. The van der Waals surface area contributed by atoms with Crippen LogP contribution in [0.3, 0.4) is 0 Å². The number of nitrogens with zero attached hydrogens (tertiary/aromatic N) is 2. The van der Waals surface area contributed by atoms with Crippen LogP contribution in [-0.2, 0) is 11.2 Å². The summed E-state index contributed by atoms with van der Waals surface area (Å²) in [6.45, 7) is 5.57. The largest absolute Gasteiger partial charge is 0.497 e. The molecular formula is C20H22N4O4S2. The van der Waals surface area contributed by atoms with Crippen molar-refractivity contribution in [2.24, 2.45) is 5.73 Å². The van der Waals surface area contributed by atoms with Gasteiger partial charge in [-0.1, -0.05) is 24.8 Å². The molecule has 3 amide bonds. The lowest BCUT2D eigenvalue weighted by Crippen LogP contribution is -2.39. The first-order valence-electron chi connectivity index (χ1n) is 9.23. The van der Waals surface area contributed by atoms with Gasteiger partial charge in [0.2, 0.25) is 5.91 Å². The van der Waals surface area contributed by atoms with Gasteiger partial charge in [0.25, 0.3) is 5.56 Å². The number of rotatable bonds is 6. The predicted octanol–water partition coefficient (Wildman–Crippen LogP) is 3.00. The Morgan fingerprint density at radius 3 is 2.77 bits per heavy atom. The molecule has 1 aromatic carbocycles. The van der Waals surface area contributed by atoms with E-state index < -0.39 is 17.2 Å². The molecule has 2 heterocycles. The lowest BCUT2D eigenvalue weighted by Gasteiger charge is -2.15. The van der Waals surface area contributed by atoms with E-state index in [1.165, 1.54) is 15.9 Å². The van der Waals surface area contributed by atoms with E-state index >= 15 is 0 Å². The fraction of sp³-hybridized carbons (Fsp3) is 0.300. The number of nitrogens with one attached hydrogen (secondary N) is 1. The quantitative estimate of drug-likeness (QED) is 0.444. The van der Waals surface area contributed by atoms with Crippen molar-refractivity contribution < 1.29 is 14.3 Å². The van der Waals surface area contributed by atoms with E-state index in [0.29, 0.717) is 26.8 Å². The molecule has 0 fully saturated rings. The maximum atomic E-state index is 13.5. The molecule has 8 nitrogen and oxygen atoms in total. The van der Waals surface area contributed by atoms with E-state index in [0.717, 1.165) is 28.6 Å². The van der Waals surface area contributed by atoms with E-state index in [2.05, 4.69) is 5.32 Å². The number of hydrogen-bond donors (Lipinski definition) is 2. The van der Waals surface area contributed by atoms with Crippen molar-refractivity contribution in [2.45, 2.75) is 37.6 Å². The summed E-state index contributed by atoms with van der Waals surface area (Å²) in [5, 5.41) is 2.27. The summed E-state index contributed by atoms with van der Waals surface area (Å²) < 4.78 is 6.77. The first kappa shape index (κ1) is 21.8. The summed E-state index contributed by atoms with van der Waals surface area (Å²) in [6, 6.07) is 6.14. The standard InChI is InChI=1S/C20H22N4O4S2/c1-5-14-10(2)15-17(30-14)23-20(29-11(3)16(25)22-19(21)27)24(18(15)26)12-7-6-8-13(9-12)28-4/h6-9,11H,5H2,1-4H3,(H3,21,22,25,27). The Bertz CT molecular complexity index is 1190. The number of carbonyl (C=O) groups is 2. The van der Waals surface area contributed by atoms with Crippen LogP contribution < -0.4 is 21.3 Å². The number of primary amides is 1. The molecule has 0 saturated heterocycles. The number of aryl methyl sites for hydroxylation is 2. The molecule has 0 aliphatic carbocycles. The summed E-state index contributed by atoms with van der Waals surface area (Å²) in [6.07, 6.45) is 0.797. The number of thioether (sulfide) groups is 1. The van der Waals surface area contributed by atoms with Crippen LogP contribution in [0.1, 0.15) is 24.3 Å². The lowest BCUT2D eigenvalue weighted by atomic mass is 10.2. The zero-order chi connectivity index (χ0) is 22.0. The topological polar surface area (TPSA) is 116 Å². The fourth-order valence-corrected chi connectivity index (χ4v) is 5.12. The van der Waals surface area contributed by atoms with Crippen molar-refractivity contribution in [3.05, 3.63) is 45.1 Å². The number of urea groups is 1. The molecule has 0 radical (unpaired) electrons. The van der Waals surface area contributed by atoms with E-state index in [1.807, 2.05) is 13.8 Å². The highest BCUT2D eigenvalue weighted by atomic mass is 32.2. The molecule has 1 atom stereocenters. The Hall–Kier alpha value is -2.85. The number of fused-ring (bicyclic) bond motifs is 1. The van der Waals surface area contributed by atoms with E-state index in [1.54, 1.807) is 38.3 Å². The maximum Gasteiger partial charge on any atom is 0.318 e. The average Bonchev–Trinajstić information content (AvgIpc) is 3.03. The van der Waals surface area contributed by atoms with Gasteiger partial charge in [-0.2, -0.15) is 0 Å². The minimum atomic E-state index is -0.928. The van der Waals surface area contributed by atoms with Gasteiger partial charge in [-0.3, -0.25) is 19.5 Å². The second kappa shape index (κ2) is 8.88. The van der Waals surface area contributed by atoms with Crippen LogP contribution in [-0.4, -0.2) is 33.8 Å². The van der Waals surface area contributed by atoms with Gasteiger partial charge in [-0.15, -0.1) is 11.3 Å². The van der Waals surface area contributed by atoms with Gasteiger partial charge in [0.15, 0.2) is 5.16 Å². The zero-order valence-corrected chi connectivity index (χ0v) is 18.6. The van der Waals surface area contributed by atoms with Gasteiger partial charge < -0.3 is 10.5 Å². The zero-order valence-electron chi connectivity index (χ0n) is 17.0. The van der Waals surface area contributed by atoms with E-state index in [9.17, 15) is 14.4 Å². The SMILES string of the molecule is CCc1sc2nc(SC(C)C(=O)NC(N)=O)n(-c3cccc(OC)c3)c(=O)c2c1C. The summed E-state index contributed by atoms with van der Waals surface area (Å²) >= 11 is 2.55. The summed E-state index contributed by atoms with van der Waals surface area (Å²) in [5.74, 6) is 0.0295. The third-order valence-electron chi connectivity index (χ3n) is 4.56.